The Morgan fingerprint density at radius 1 is 1.20 bits per heavy atom. The van der Waals surface area contributed by atoms with Crippen LogP contribution >= 0.6 is 0 Å². The summed E-state index contributed by atoms with van der Waals surface area (Å²) in [6, 6.07) is -1.65. The van der Waals surface area contributed by atoms with E-state index >= 15 is 0 Å². The topological polar surface area (TPSA) is 203 Å². The van der Waals surface area contributed by atoms with Crippen LogP contribution in [0.5, 0.6) is 0 Å². The van der Waals surface area contributed by atoms with Gasteiger partial charge >= 0.3 is 23.9 Å². The van der Waals surface area contributed by atoms with Gasteiger partial charge in [-0.1, -0.05) is 6.92 Å². The van der Waals surface area contributed by atoms with Crippen LogP contribution in [0.3, 0.4) is 0 Å². The number of aliphatic hydroxyl groups is 1. The van der Waals surface area contributed by atoms with Crippen LogP contribution in [-0.2, 0) is 43.0 Å². The molecule has 2 fully saturated rings. The van der Waals surface area contributed by atoms with Crippen molar-refractivity contribution < 1.29 is 58.3 Å². The Balaban J connectivity index is 1.95. The van der Waals surface area contributed by atoms with E-state index in [4.69, 9.17) is 19.3 Å². The number of esters is 2. The van der Waals surface area contributed by atoms with Gasteiger partial charge in [0.2, 0.25) is 5.78 Å². The number of rotatable bonds is 8. The zero-order chi connectivity index (χ0) is 29.7. The Hall–Kier alpha value is -4.00. The molecule has 0 aromatic rings. The fourth-order valence-corrected chi connectivity index (χ4v) is 6.67. The Kier molecular flexibility index (Phi) is 7.39. The number of ketones is 2. The molecule has 13 heteroatoms. The van der Waals surface area contributed by atoms with Crippen LogP contribution in [0.25, 0.3) is 0 Å². The van der Waals surface area contributed by atoms with E-state index in [1.807, 2.05) is 0 Å². The van der Waals surface area contributed by atoms with Crippen LogP contribution in [0, 0.1) is 16.7 Å². The molecule has 4 aliphatic rings. The third-order valence-corrected chi connectivity index (χ3v) is 8.53. The number of nitrogens with one attached hydrogen (secondary N) is 1. The Bertz CT molecular complexity index is 1310. The Morgan fingerprint density at radius 2 is 1.88 bits per heavy atom. The summed E-state index contributed by atoms with van der Waals surface area (Å²) in [7, 11) is 1.36. The van der Waals surface area contributed by atoms with E-state index in [1.54, 1.807) is 13.8 Å². The molecule has 0 spiro atoms. The summed E-state index contributed by atoms with van der Waals surface area (Å²) in [6.45, 7) is 4.29. The maximum atomic E-state index is 13.9. The minimum Gasteiger partial charge on any atom is -0.504 e. The molecule has 1 saturated heterocycles. The van der Waals surface area contributed by atoms with Crippen LogP contribution in [0.15, 0.2) is 34.3 Å². The maximum Gasteiger partial charge on any atom is 0.340 e. The summed E-state index contributed by atoms with van der Waals surface area (Å²) in [4.78, 5) is 75.0. The highest BCUT2D eigenvalue weighted by atomic mass is 16.6. The molecule has 0 aromatic carbocycles. The molecule has 1 saturated carbocycles. The van der Waals surface area contributed by atoms with Crippen LogP contribution in [0.1, 0.15) is 46.5 Å². The second kappa shape index (κ2) is 10.2. The Morgan fingerprint density at radius 3 is 2.45 bits per heavy atom. The van der Waals surface area contributed by atoms with Gasteiger partial charge in [-0.25, -0.2) is 9.59 Å². The van der Waals surface area contributed by atoms with E-state index < -0.39 is 82.4 Å². The standard InChI is InChI=1S/C27H31NO12/c1-11(29)39-15-8-26(2)13(5-6-16(26)30)19-21(15)27(3)17(10-38-4)40-25(37)12(20(27)23(34)22(19)33)9-28-14(24(35)36)7-18(31)32/h9,13-15,17,28,34H,5-8,10H2,1-4H3,(H,31,32)(H,35,36)/b12-9-/t13-,14-,15+,17+,26-,27-/m0/s1. The predicted octanol–water partition coefficient (Wildman–Crippen LogP) is 0.978. The molecule has 3 aliphatic carbocycles. The first kappa shape index (κ1) is 29.0. The molecule has 4 N–H and O–H groups in total. The average Bonchev–Trinajstić information content (AvgIpc) is 3.15. The third kappa shape index (κ3) is 4.37. The molecular weight excluding hydrogens is 530 g/mol. The van der Waals surface area contributed by atoms with Crippen LogP contribution in [-0.4, -0.2) is 82.7 Å². The summed E-state index contributed by atoms with van der Waals surface area (Å²) in [5, 5.41) is 32.3. The number of carbonyl (C=O) groups excluding carboxylic acids is 4. The van der Waals surface area contributed by atoms with Crippen molar-refractivity contribution in [2.45, 2.75) is 64.7 Å². The van der Waals surface area contributed by atoms with Crippen molar-refractivity contribution in [2.24, 2.45) is 16.7 Å². The molecule has 0 amide bonds. The first-order valence-electron chi connectivity index (χ1n) is 12.7. The lowest BCUT2D eigenvalue weighted by Crippen LogP contribution is -2.57. The van der Waals surface area contributed by atoms with Gasteiger partial charge in [0.05, 0.1) is 24.0 Å². The molecule has 4 rings (SSSR count). The molecule has 216 valence electrons. The van der Waals surface area contributed by atoms with Crippen LogP contribution in [0.4, 0.5) is 0 Å². The predicted molar refractivity (Wildman–Crippen MR) is 132 cm³/mol. The highest BCUT2D eigenvalue weighted by molar-refractivity contribution is 6.14. The number of hydrogen-bond donors (Lipinski definition) is 4. The largest absolute Gasteiger partial charge is 0.504 e. The summed E-state index contributed by atoms with van der Waals surface area (Å²) >= 11 is 0. The van der Waals surface area contributed by atoms with Gasteiger partial charge in [0.15, 0.2) is 5.76 Å². The molecule has 6 atom stereocenters. The zero-order valence-electron chi connectivity index (χ0n) is 22.4. The molecule has 0 aromatic heterocycles. The number of methoxy groups -OCH3 is 1. The summed E-state index contributed by atoms with van der Waals surface area (Å²) < 4.78 is 16.7. The normalized spacial score (nSPS) is 33.1. The molecule has 13 nitrogen and oxygen atoms in total. The van der Waals surface area contributed by atoms with Crippen molar-refractivity contribution in [3.8, 4) is 0 Å². The van der Waals surface area contributed by atoms with Gasteiger partial charge in [0, 0.05) is 55.6 Å². The smallest absolute Gasteiger partial charge is 0.340 e. The first-order valence-corrected chi connectivity index (χ1v) is 12.7. The van der Waals surface area contributed by atoms with Crippen LogP contribution in [0.2, 0.25) is 0 Å². The van der Waals surface area contributed by atoms with Crippen molar-refractivity contribution in [2.75, 3.05) is 13.7 Å². The Labute approximate surface area is 228 Å². The zero-order valence-corrected chi connectivity index (χ0v) is 22.4. The van der Waals surface area contributed by atoms with E-state index in [2.05, 4.69) is 5.32 Å². The lowest BCUT2D eigenvalue weighted by molar-refractivity contribution is -0.160. The van der Waals surface area contributed by atoms with E-state index in [0.29, 0.717) is 6.42 Å². The highest BCUT2D eigenvalue weighted by Gasteiger charge is 2.64. The fourth-order valence-electron chi connectivity index (χ4n) is 6.67. The number of aliphatic hydroxyl groups excluding tert-OH is 1. The first-order chi connectivity index (χ1) is 18.7. The van der Waals surface area contributed by atoms with Gasteiger partial charge in [-0.3, -0.25) is 19.2 Å². The number of hydrogen-bond acceptors (Lipinski definition) is 11. The van der Waals surface area contributed by atoms with Gasteiger partial charge in [-0.15, -0.1) is 0 Å². The molecule has 40 heavy (non-hydrogen) atoms. The molecular formula is C27H31NO12. The van der Waals surface area contributed by atoms with Crippen molar-refractivity contribution in [1.29, 1.82) is 0 Å². The quantitative estimate of drug-likeness (QED) is 0.241. The monoisotopic (exact) mass is 561 g/mol. The van der Waals surface area contributed by atoms with Gasteiger partial charge in [0.1, 0.15) is 24.0 Å². The fraction of sp³-hybridized carbons (Fsp3) is 0.556. The molecule has 0 radical (unpaired) electrons. The number of Topliss-reactive ketones (excluding diaryl/α,β-unsaturated/α-hetero) is 2. The van der Waals surface area contributed by atoms with Gasteiger partial charge in [0.25, 0.3) is 0 Å². The van der Waals surface area contributed by atoms with E-state index in [0.717, 1.165) is 6.20 Å². The maximum absolute atomic E-state index is 13.9. The number of carbonyl (C=O) groups is 6. The second-order valence-electron chi connectivity index (χ2n) is 10.9. The molecule has 1 heterocycles. The van der Waals surface area contributed by atoms with Gasteiger partial charge in [-0.05, 0) is 18.9 Å². The van der Waals surface area contributed by atoms with E-state index in [9.17, 15) is 39.0 Å². The summed E-state index contributed by atoms with van der Waals surface area (Å²) in [6.07, 6.45) is -1.54. The highest BCUT2D eigenvalue weighted by Crippen LogP contribution is 2.62. The number of ether oxygens (including phenoxy) is 3. The van der Waals surface area contributed by atoms with Crippen LogP contribution < -0.4 is 5.32 Å². The van der Waals surface area contributed by atoms with Crippen molar-refractivity contribution in [3.63, 3.8) is 0 Å². The number of allylic oxidation sites excluding steroid dienone is 1. The van der Waals surface area contributed by atoms with Crippen molar-refractivity contribution >= 4 is 35.4 Å². The number of cyclic esters (lactones) is 1. The number of carboxylic acid groups (broad SMARTS) is 2. The minimum absolute atomic E-state index is 0.0659. The lowest BCUT2D eigenvalue weighted by atomic mass is 9.53. The summed E-state index contributed by atoms with van der Waals surface area (Å²) in [5.74, 6) is -6.96. The van der Waals surface area contributed by atoms with Crippen molar-refractivity contribution in [3.05, 3.63) is 34.3 Å². The second-order valence-corrected chi connectivity index (χ2v) is 10.9. The number of aliphatic carboxylic acids is 2. The lowest BCUT2D eigenvalue weighted by Gasteiger charge is -2.53. The SMILES string of the molecule is COC[C@H]1OC(=O)/C(=C\N[C@@H](CC(=O)O)C(=O)O)C2=C(O)C(=O)C3=C([C@H](OC(C)=O)C[C@]4(C)C(=O)CC[C@@H]34)[C@]21C. The van der Waals surface area contributed by atoms with E-state index in [-0.39, 0.29) is 42.0 Å². The minimum atomic E-state index is -1.65. The van der Waals surface area contributed by atoms with E-state index in [1.165, 1.54) is 14.0 Å². The number of fused-ring (bicyclic) bond motifs is 4. The molecule has 0 bridgehead atoms. The molecule has 0 unspecified atom stereocenters. The molecule has 1 aliphatic heterocycles. The summed E-state index contributed by atoms with van der Waals surface area (Å²) in [5.41, 5.74) is -2.75. The van der Waals surface area contributed by atoms with Gasteiger partial charge < -0.3 is 34.8 Å². The average molecular weight is 562 g/mol. The number of carboxylic acids is 2. The third-order valence-electron chi connectivity index (χ3n) is 8.53. The van der Waals surface area contributed by atoms with Crippen molar-refractivity contribution in [1.82, 2.24) is 5.32 Å². The van der Waals surface area contributed by atoms with Gasteiger partial charge in [-0.2, -0.15) is 0 Å².